The summed E-state index contributed by atoms with van der Waals surface area (Å²) in [5.41, 5.74) is 1.08. The highest BCUT2D eigenvalue weighted by molar-refractivity contribution is 7.18. The van der Waals surface area contributed by atoms with E-state index in [9.17, 15) is 9.59 Å². The third-order valence-electron chi connectivity index (χ3n) is 3.74. The predicted octanol–water partition coefficient (Wildman–Crippen LogP) is 1.62. The summed E-state index contributed by atoms with van der Waals surface area (Å²) in [5, 5.41) is 0.687. The summed E-state index contributed by atoms with van der Waals surface area (Å²) in [7, 11) is 0. The van der Waals surface area contributed by atoms with E-state index in [-0.39, 0.29) is 17.9 Å². The number of hydrogen-bond acceptors (Lipinski definition) is 7. The second kappa shape index (κ2) is 5.54. The lowest BCUT2D eigenvalue weighted by atomic mass is 10.2. The SMILES string of the molecule is O=C(OCc1nc2sc3c(c2c(=O)[nH]1)CCC3)c1cnccn1. The Labute approximate surface area is 134 Å². The van der Waals surface area contributed by atoms with E-state index < -0.39 is 5.97 Å². The second-order valence-corrected chi connectivity index (χ2v) is 6.30. The molecule has 0 saturated heterocycles. The number of thiophene rings is 1. The Morgan fingerprint density at radius 2 is 2.26 bits per heavy atom. The molecule has 0 spiro atoms. The Balaban J connectivity index is 1.58. The molecule has 1 aliphatic rings. The largest absolute Gasteiger partial charge is 0.453 e. The lowest BCUT2D eigenvalue weighted by Gasteiger charge is -2.03. The molecule has 3 heterocycles. The first kappa shape index (κ1) is 14.0. The van der Waals surface area contributed by atoms with Gasteiger partial charge in [-0.2, -0.15) is 0 Å². The van der Waals surface area contributed by atoms with Gasteiger partial charge in [0.05, 0.1) is 11.6 Å². The van der Waals surface area contributed by atoms with E-state index in [0.717, 1.165) is 24.8 Å². The molecule has 0 amide bonds. The van der Waals surface area contributed by atoms with Crippen molar-refractivity contribution in [3.8, 4) is 0 Å². The van der Waals surface area contributed by atoms with Crippen molar-refractivity contribution < 1.29 is 9.53 Å². The van der Waals surface area contributed by atoms with Gasteiger partial charge in [0.25, 0.3) is 5.56 Å². The van der Waals surface area contributed by atoms with E-state index in [1.54, 1.807) is 11.3 Å². The van der Waals surface area contributed by atoms with E-state index in [1.807, 2.05) is 0 Å². The van der Waals surface area contributed by atoms with Gasteiger partial charge in [-0.05, 0) is 24.8 Å². The molecule has 0 radical (unpaired) electrons. The van der Waals surface area contributed by atoms with E-state index in [2.05, 4.69) is 19.9 Å². The van der Waals surface area contributed by atoms with Gasteiger partial charge in [0.15, 0.2) is 5.69 Å². The average molecular weight is 328 g/mol. The molecule has 1 aliphatic carbocycles. The summed E-state index contributed by atoms with van der Waals surface area (Å²) in [4.78, 5) is 40.9. The van der Waals surface area contributed by atoms with E-state index in [1.165, 1.54) is 23.5 Å². The van der Waals surface area contributed by atoms with Gasteiger partial charge >= 0.3 is 5.97 Å². The molecular formula is C15H12N4O3S. The topological polar surface area (TPSA) is 97.8 Å². The van der Waals surface area contributed by atoms with Crippen LogP contribution >= 0.6 is 11.3 Å². The second-order valence-electron chi connectivity index (χ2n) is 5.22. The first-order valence-electron chi connectivity index (χ1n) is 7.19. The molecule has 4 rings (SSSR count). The van der Waals surface area contributed by atoms with Crippen LogP contribution in [0, 0.1) is 0 Å². The molecule has 116 valence electrons. The number of nitrogens with zero attached hydrogens (tertiary/aromatic N) is 3. The minimum absolute atomic E-state index is 0.108. The summed E-state index contributed by atoms with van der Waals surface area (Å²) >= 11 is 1.55. The number of H-pyrrole nitrogens is 1. The molecule has 3 aromatic heterocycles. The maximum atomic E-state index is 12.3. The highest BCUT2D eigenvalue weighted by Crippen LogP contribution is 2.34. The molecule has 8 heteroatoms. The number of ether oxygens (including phenoxy) is 1. The van der Waals surface area contributed by atoms with Gasteiger partial charge < -0.3 is 9.72 Å². The van der Waals surface area contributed by atoms with Crippen LogP contribution in [0.5, 0.6) is 0 Å². The third kappa shape index (κ3) is 2.50. The number of aromatic nitrogens is 4. The standard InChI is InChI=1S/C15H12N4O3S/c20-13-12-8-2-1-3-10(8)23-14(12)19-11(18-13)7-22-15(21)9-6-16-4-5-17-9/h4-6H,1-3,7H2,(H,18,19,20). The maximum Gasteiger partial charge on any atom is 0.358 e. The average Bonchev–Trinajstić information content (AvgIpc) is 3.13. The Bertz CT molecular complexity index is 949. The summed E-state index contributed by atoms with van der Waals surface area (Å²) in [6.07, 6.45) is 7.24. The van der Waals surface area contributed by atoms with Crippen LogP contribution in [-0.4, -0.2) is 25.9 Å². The van der Waals surface area contributed by atoms with Gasteiger partial charge in [-0.25, -0.2) is 14.8 Å². The minimum atomic E-state index is -0.602. The first-order valence-corrected chi connectivity index (χ1v) is 8.00. The predicted molar refractivity (Wildman–Crippen MR) is 83.4 cm³/mol. The Kier molecular flexibility index (Phi) is 3.38. The zero-order valence-electron chi connectivity index (χ0n) is 12.0. The van der Waals surface area contributed by atoms with Gasteiger partial charge in [-0.1, -0.05) is 0 Å². The molecule has 0 bridgehead atoms. The number of rotatable bonds is 3. The monoisotopic (exact) mass is 328 g/mol. The molecule has 0 saturated carbocycles. The number of hydrogen-bond donors (Lipinski definition) is 1. The van der Waals surface area contributed by atoms with Gasteiger partial charge in [0.1, 0.15) is 17.3 Å². The van der Waals surface area contributed by atoms with Crippen molar-refractivity contribution in [2.75, 3.05) is 0 Å². The molecule has 23 heavy (non-hydrogen) atoms. The highest BCUT2D eigenvalue weighted by atomic mass is 32.1. The number of esters is 1. The Morgan fingerprint density at radius 1 is 1.35 bits per heavy atom. The van der Waals surface area contributed by atoms with Crippen molar-refractivity contribution in [1.82, 2.24) is 19.9 Å². The van der Waals surface area contributed by atoms with Gasteiger partial charge in [0.2, 0.25) is 0 Å². The third-order valence-corrected chi connectivity index (χ3v) is 4.92. The van der Waals surface area contributed by atoms with Crippen molar-refractivity contribution in [3.05, 3.63) is 50.9 Å². The fraction of sp³-hybridized carbons (Fsp3) is 0.267. The summed E-state index contributed by atoms with van der Waals surface area (Å²) in [5.74, 6) is -0.269. The lowest BCUT2D eigenvalue weighted by Crippen LogP contribution is -2.15. The van der Waals surface area contributed by atoms with Gasteiger partial charge in [-0.3, -0.25) is 9.78 Å². The number of aryl methyl sites for hydroxylation is 2. The van der Waals surface area contributed by atoms with Crippen molar-refractivity contribution in [3.63, 3.8) is 0 Å². The van der Waals surface area contributed by atoms with E-state index >= 15 is 0 Å². The number of fused-ring (bicyclic) bond motifs is 3. The van der Waals surface area contributed by atoms with E-state index in [4.69, 9.17) is 4.74 Å². The molecule has 0 unspecified atom stereocenters. The highest BCUT2D eigenvalue weighted by Gasteiger charge is 2.21. The van der Waals surface area contributed by atoms with Crippen LogP contribution < -0.4 is 5.56 Å². The van der Waals surface area contributed by atoms with Crippen molar-refractivity contribution in [2.24, 2.45) is 0 Å². The van der Waals surface area contributed by atoms with Crippen molar-refractivity contribution in [1.29, 1.82) is 0 Å². The normalized spacial score (nSPS) is 13.2. The van der Waals surface area contributed by atoms with Crippen LogP contribution in [0.15, 0.2) is 23.4 Å². The zero-order chi connectivity index (χ0) is 15.8. The quantitative estimate of drug-likeness (QED) is 0.734. The molecule has 0 aliphatic heterocycles. The van der Waals surface area contributed by atoms with Crippen molar-refractivity contribution in [2.45, 2.75) is 25.9 Å². The molecule has 0 atom stereocenters. The number of aromatic amines is 1. The van der Waals surface area contributed by atoms with Gasteiger partial charge in [0, 0.05) is 17.3 Å². The maximum absolute atomic E-state index is 12.3. The fourth-order valence-corrected chi connectivity index (χ4v) is 4.01. The minimum Gasteiger partial charge on any atom is -0.453 e. The van der Waals surface area contributed by atoms with Crippen LogP contribution in [0.1, 0.15) is 33.2 Å². The van der Waals surface area contributed by atoms with Gasteiger partial charge in [-0.15, -0.1) is 11.3 Å². The van der Waals surface area contributed by atoms with Crippen LogP contribution in [0.2, 0.25) is 0 Å². The smallest absolute Gasteiger partial charge is 0.358 e. The first-order chi connectivity index (χ1) is 11.2. The van der Waals surface area contributed by atoms with Crippen LogP contribution in [0.3, 0.4) is 0 Å². The van der Waals surface area contributed by atoms with Crippen LogP contribution in [0.25, 0.3) is 10.2 Å². The number of carbonyl (C=O) groups excluding carboxylic acids is 1. The molecule has 0 fully saturated rings. The molecule has 7 nitrogen and oxygen atoms in total. The summed E-state index contributed by atoms with van der Waals surface area (Å²) in [6.45, 7) is -0.108. The molecule has 3 aromatic rings. The molecule has 1 N–H and O–H groups in total. The van der Waals surface area contributed by atoms with Crippen LogP contribution in [-0.2, 0) is 24.2 Å². The fourth-order valence-electron chi connectivity index (χ4n) is 2.73. The molecule has 0 aromatic carbocycles. The zero-order valence-corrected chi connectivity index (χ0v) is 12.9. The molecular weight excluding hydrogens is 316 g/mol. The number of carbonyl (C=O) groups is 1. The van der Waals surface area contributed by atoms with Crippen LogP contribution in [0.4, 0.5) is 0 Å². The van der Waals surface area contributed by atoms with Crippen molar-refractivity contribution >= 4 is 27.5 Å². The Hall–Kier alpha value is -2.61. The lowest BCUT2D eigenvalue weighted by molar-refractivity contribution is 0.0455. The summed E-state index contributed by atoms with van der Waals surface area (Å²) in [6, 6.07) is 0. The summed E-state index contributed by atoms with van der Waals surface area (Å²) < 4.78 is 5.13. The number of nitrogens with one attached hydrogen (secondary N) is 1. The Morgan fingerprint density at radius 3 is 3.09 bits per heavy atom. The van der Waals surface area contributed by atoms with E-state index in [0.29, 0.717) is 16.0 Å².